The van der Waals surface area contributed by atoms with E-state index in [0.29, 0.717) is 31.7 Å². The van der Waals surface area contributed by atoms with Gasteiger partial charge in [-0.2, -0.15) is 0 Å². The molecule has 5 unspecified atom stereocenters. The standard InChI is InChI=1S/C29H46FN5O7/c1-16-3-2-4-18(11-16)33-29(41)35-22-6-5-19(13-21(22)30)42-20-9-10-31-25(14-20)24-12-17(15-32-24)27(38)34-23(28(39)40)7-8-26(36)37/h6,9-11,16-17,19-21,23-25,27-28,31-32,34,38-40H,2-5,7-8,12-15H2,1H3,(H,36,37)(H2,33,35,41)/t16-,17?,19-,20?,21?,23+,24?,25?,27-/m1/s1. The Hall–Kier alpha value is -2.55. The average Bonchev–Trinajstić information content (AvgIpc) is 3.43. The number of hydrogen-bond acceptors (Lipinski definition) is 9. The summed E-state index contributed by atoms with van der Waals surface area (Å²) >= 11 is 0. The van der Waals surface area contributed by atoms with Crippen LogP contribution in [0.4, 0.5) is 9.18 Å². The van der Waals surface area contributed by atoms with Crippen molar-refractivity contribution < 1.29 is 39.1 Å². The fourth-order valence-corrected chi connectivity index (χ4v) is 6.23. The Morgan fingerprint density at radius 3 is 2.69 bits per heavy atom. The van der Waals surface area contributed by atoms with Crippen molar-refractivity contribution in [1.82, 2.24) is 26.6 Å². The molecule has 2 aliphatic heterocycles. The minimum Gasteiger partial charge on any atom is -0.481 e. The number of aliphatic carboxylic acids is 1. The highest BCUT2D eigenvalue weighted by atomic mass is 19.1. The summed E-state index contributed by atoms with van der Waals surface area (Å²) in [5, 5.41) is 53.7. The molecule has 0 aromatic heterocycles. The van der Waals surface area contributed by atoms with Gasteiger partial charge in [0.1, 0.15) is 12.4 Å². The van der Waals surface area contributed by atoms with Crippen LogP contribution in [0.3, 0.4) is 0 Å². The molecule has 1 saturated heterocycles. The average molecular weight is 596 g/mol. The zero-order valence-corrected chi connectivity index (χ0v) is 24.0. The number of alkyl halides is 1. The molecular formula is C29H46FN5O7. The fraction of sp³-hybridized carbons (Fsp3) is 0.724. The van der Waals surface area contributed by atoms with Crippen LogP contribution in [-0.2, 0) is 9.53 Å². The van der Waals surface area contributed by atoms with Crippen LogP contribution in [-0.4, -0.2) is 88.0 Å². The van der Waals surface area contributed by atoms with Crippen LogP contribution in [0, 0.1) is 11.8 Å². The first-order valence-corrected chi connectivity index (χ1v) is 15.0. The SMILES string of the molecule is C[C@H]1C=C(NC(=O)NC2=CC[C@@H](OC3C=CNC(C4CC([C@@H](O)N[C@@H](CCC(=O)O)C(O)O)CN4)C3)CC2F)CCC1. The van der Waals surface area contributed by atoms with Crippen molar-refractivity contribution in [2.24, 2.45) is 11.8 Å². The summed E-state index contributed by atoms with van der Waals surface area (Å²) in [7, 11) is 0. The topological polar surface area (TPSA) is 184 Å². The van der Waals surface area contributed by atoms with Crippen LogP contribution in [0.5, 0.6) is 0 Å². The Labute approximate surface area is 245 Å². The maximum absolute atomic E-state index is 15.0. The van der Waals surface area contributed by atoms with Gasteiger partial charge in [0, 0.05) is 48.8 Å². The second kappa shape index (κ2) is 15.3. The van der Waals surface area contributed by atoms with Gasteiger partial charge in [0.05, 0.1) is 18.2 Å². The van der Waals surface area contributed by atoms with E-state index in [4.69, 9.17) is 9.84 Å². The molecule has 1 fully saturated rings. The van der Waals surface area contributed by atoms with Crippen LogP contribution < -0.4 is 26.6 Å². The predicted octanol–water partition coefficient (Wildman–Crippen LogP) is 1.06. The molecule has 2 amide bonds. The van der Waals surface area contributed by atoms with Crippen molar-refractivity contribution in [1.29, 1.82) is 0 Å². The van der Waals surface area contributed by atoms with Crippen molar-refractivity contribution in [2.75, 3.05) is 6.54 Å². The van der Waals surface area contributed by atoms with E-state index in [0.717, 1.165) is 25.0 Å². The number of hydrogen-bond donors (Lipinski definition) is 9. The minimum absolute atomic E-state index is 0.00137. The summed E-state index contributed by atoms with van der Waals surface area (Å²) in [5.41, 5.74) is 1.15. The molecule has 0 aromatic rings. The monoisotopic (exact) mass is 595 g/mol. The summed E-state index contributed by atoms with van der Waals surface area (Å²) < 4.78 is 21.2. The number of carboxylic acid groups (broad SMARTS) is 1. The quantitative estimate of drug-likeness (QED) is 0.148. The Morgan fingerprint density at radius 2 is 1.98 bits per heavy atom. The number of allylic oxidation sites excluding steroid dienone is 3. The zero-order chi connectivity index (χ0) is 30.2. The summed E-state index contributed by atoms with van der Waals surface area (Å²) in [5.74, 6) is -0.851. The lowest BCUT2D eigenvalue weighted by Gasteiger charge is -2.34. The first kappa shape index (κ1) is 32.4. The molecule has 9 atom stereocenters. The third kappa shape index (κ3) is 9.48. The van der Waals surface area contributed by atoms with Gasteiger partial charge in [0.15, 0.2) is 6.29 Å². The summed E-state index contributed by atoms with van der Waals surface area (Å²) in [6.45, 7) is 2.61. The van der Waals surface area contributed by atoms with Gasteiger partial charge in [-0.15, -0.1) is 0 Å². The van der Waals surface area contributed by atoms with Gasteiger partial charge in [-0.1, -0.05) is 19.1 Å². The number of halogens is 1. The van der Waals surface area contributed by atoms with Crippen molar-refractivity contribution in [3.05, 3.63) is 35.8 Å². The molecule has 0 aromatic carbocycles. The molecule has 12 nitrogen and oxygen atoms in total. The molecule has 0 bridgehead atoms. The van der Waals surface area contributed by atoms with Crippen LogP contribution in [0.1, 0.15) is 64.7 Å². The maximum Gasteiger partial charge on any atom is 0.323 e. The summed E-state index contributed by atoms with van der Waals surface area (Å²) in [4.78, 5) is 23.3. The van der Waals surface area contributed by atoms with E-state index < -0.39 is 36.7 Å². The lowest BCUT2D eigenvalue weighted by atomic mass is 9.93. The van der Waals surface area contributed by atoms with Crippen molar-refractivity contribution >= 4 is 12.0 Å². The second-order valence-electron chi connectivity index (χ2n) is 12.0. The number of nitrogens with one attached hydrogen (secondary N) is 5. The number of carbonyl (C=O) groups excluding carboxylic acids is 1. The van der Waals surface area contributed by atoms with Crippen LogP contribution in [0.2, 0.25) is 0 Å². The van der Waals surface area contributed by atoms with Gasteiger partial charge in [0.2, 0.25) is 0 Å². The molecular weight excluding hydrogens is 549 g/mol. The molecule has 236 valence electrons. The van der Waals surface area contributed by atoms with E-state index in [9.17, 15) is 29.3 Å². The fourth-order valence-electron chi connectivity index (χ4n) is 6.23. The molecule has 4 aliphatic rings. The lowest BCUT2D eigenvalue weighted by Crippen LogP contribution is -2.49. The van der Waals surface area contributed by atoms with Crippen LogP contribution >= 0.6 is 0 Å². The van der Waals surface area contributed by atoms with E-state index in [-0.39, 0.29) is 55.2 Å². The lowest BCUT2D eigenvalue weighted by molar-refractivity contribution is -0.138. The van der Waals surface area contributed by atoms with Gasteiger partial charge in [-0.05, 0) is 63.1 Å². The molecule has 13 heteroatoms. The molecule has 0 radical (unpaired) electrons. The first-order valence-electron chi connectivity index (χ1n) is 15.0. The van der Waals surface area contributed by atoms with Gasteiger partial charge in [0.25, 0.3) is 0 Å². The maximum atomic E-state index is 15.0. The summed E-state index contributed by atoms with van der Waals surface area (Å²) in [6.07, 6.45) is 7.30. The van der Waals surface area contributed by atoms with Crippen molar-refractivity contribution in [2.45, 2.75) is 114 Å². The molecule has 0 spiro atoms. The second-order valence-corrected chi connectivity index (χ2v) is 12.0. The highest BCUT2D eigenvalue weighted by Gasteiger charge is 2.37. The Morgan fingerprint density at radius 1 is 1.17 bits per heavy atom. The van der Waals surface area contributed by atoms with Crippen LogP contribution in [0.25, 0.3) is 0 Å². The molecule has 2 aliphatic carbocycles. The number of carbonyl (C=O) groups is 2. The number of amides is 2. The first-order chi connectivity index (χ1) is 20.1. The Kier molecular flexibility index (Phi) is 11.8. The number of carboxylic acids is 1. The van der Waals surface area contributed by atoms with E-state index in [1.165, 1.54) is 0 Å². The number of aliphatic hydroxyl groups is 3. The van der Waals surface area contributed by atoms with Gasteiger partial charge < -0.3 is 46.4 Å². The van der Waals surface area contributed by atoms with Gasteiger partial charge >= 0.3 is 12.0 Å². The largest absolute Gasteiger partial charge is 0.481 e. The van der Waals surface area contributed by atoms with E-state index in [1.807, 2.05) is 12.3 Å². The van der Waals surface area contributed by atoms with Crippen LogP contribution in [0.15, 0.2) is 35.8 Å². The molecule has 42 heavy (non-hydrogen) atoms. The highest BCUT2D eigenvalue weighted by Crippen LogP contribution is 2.28. The van der Waals surface area contributed by atoms with Crippen molar-refractivity contribution in [3.63, 3.8) is 0 Å². The van der Waals surface area contributed by atoms with Gasteiger partial charge in [-0.3, -0.25) is 10.1 Å². The number of rotatable bonds is 12. The summed E-state index contributed by atoms with van der Waals surface area (Å²) in [6, 6.07) is -1.37. The van der Waals surface area contributed by atoms with E-state index >= 15 is 0 Å². The van der Waals surface area contributed by atoms with Gasteiger partial charge in [-0.25, -0.2) is 9.18 Å². The smallest absolute Gasteiger partial charge is 0.323 e. The Bertz CT molecular complexity index is 1020. The zero-order valence-electron chi connectivity index (χ0n) is 24.0. The minimum atomic E-state index is -1.79. The third-order valence-corrected chi connectivity index (χ3v) is 8.55. The number of ether oxygens (including phenoxy) is 1. The normalized spacial score (nSPS) is 32.9. The molecule has 0 saturated carbocycles. The van der Waals surface area contributed by atoms with E-state index in [1.54, 1.807) is 6.08 Å². The predicted molar refractivity (Wildman–Crippen MR) is 152 cm³/mol. The third-order valence-electron chi connectivity index (χ3n) is 8.55. The molecule has 4 rings (SSSR count). The molecule has 9 N–H and O–H groups in total. The molecule has 2 heterocycles. The van der Waals surface area contributed by atoms with E-state index in [2.05, 4.69) is 39.6 Å². The number of aliphatic hydroxyl groups excluding tert-OH is 2. The highest BCUT2D eigenvalue weighted by molar-refractivity contribution is 5.77. The van der Waals surface area contributed by atoms with Crippen molar-refractivity contribution in [3.8, 4) is 0 Å². The Balaban J connectivity index is 1.21. The number of urea groups is 1.